The first-order valence-electron chi connectivity index (χ1n) is 4.28. The van der Waals surface area contributed by atoms with Crippen LogP contribution in [0.5, 0.6) is 0 Å². The van der Waals surface area contributed by atoms with Crippen LogP contribution in [0.2, 0.25) is 0 Å². The summed E-state index contributed by atoms with van der Waals surface area (Å²) < 4.78 is 11.0. The molecule has 2 nitrogen and oxygen atoms in total. The summed E-state index contributed by atoms with van der Waals surface area (Å²) in [5.74, 6) is -1.14. The van der Waals surface area contributed by atoms with Crippen LogP contribution in [-0.2, 0) is 0 Å². The summed E-state index contributed by atoms with van der Waals surface area (Å²) in [5.41, 5.74) is 0.772. The Morgan fingerprint density at radius 1 is 1.31 bits per heavy atom. The van der Waals surface area contributed by atoms with Crippen molar-refractivity contribution in [2.24, 2.45) is 0 Å². The molecule has 1 aromatic heterocycles. The Morgan fingerprint density at radius 3 is 2.62 bits per heavy atom. The van der Waals surface area contributed by atoms with Crippen molar-refractivity contribution in [3.05, 3.63) is 35.8 Å². The van der Waals surface area contributed by atoms with E-state index in [1.807, 2.05) is 0 Å². The van der Waals surface area contributed by atoms with Crippen LogP contribution >= 0.6 is 34.8 Å². The largest absolute Gasteiger partial charge is 0.360 e. The van der Waals surface area contributed by atoms with Gasteiger partial charge in [-0.05, 0) is 18.2 Å². The number of carbonyl (C=O) groups excluding carboxylic acids is 1. The second-order valence-corrected chi connectivity index (χ2v) is 5.50. The van der Waals surface area contributed by atoms with Gasteiger partial charge in [-0.25, -0.2) is 4.39 Å². The molecule has 1 heterocycles. The molecule has 2 aromatic rings. The van der Waals surface area contributed by atoms with E-state index >= 15 is 0 Å². The average molecular weight is 281 g/mol. The van der Waals surface area contributed by atoms with Gasteiger partial charge in [-0.15, -0.1) is 0 Å². The maximum absolute atomic E-state index is 13.0. The Morgan fingerprint density at radius 2 is 2.00 bits per heavy atom. The summed E-state index contributed by atoms with van der Waals surface area (Å²) >= 11 is 16.5. The first kappa shape index (κ1) is 11.7. The van der Waals surface area contributed by atoms with Gasteiger partial charge in [0, 0.05) is 22.7 Å². The smallest absolute Gasteiger partial charge is 0.253 e. The first-order chi connectivity index (χ1) is 7.39. The zero-order valence-corrected chi connectivity index (χ0v) is 10.00. The van der Waals surface area contributed by atoms with Gasteiger partial charge in [0.05, 0.1) is 0 Å². The van der Waals surface area contributed by atoms with E-state index in [-0.39, 0.29) is 5.56 Å². The van der Waals surface area contributed by atoms with E-state index in [2.05, 4.69) is 4.98 Å². The molecule has 0 saturated carbocycles. The van der Waals surface area contributed by atoms with Crippen molar-refractivity contribution in [1.29, 1.82) is 0 Å². The van der Waals surface area contributed by atoms with Gasteiger partial charge in [-0.3, -0.25) is 4.79 Å². The minimum absolute atomic E-state index is 0.162. The van der Waals surface area contributed by atoms with Gasteiger partial charge in [0.15, 0.2) is 0 Å². The average Bonchev–Trinajstić information content (AvgIpc) is 2.57. The highest BCUT2D eigenvalue weighted by Crippen LogP contribution is 2.33. The van der Waals surface area contributed by atoms with Crippen molar-refractivity contribution in [2.45, 2.75) is 3.79 Å². The number of nitrogens with one attached hydrogen (secondary N) is 1. The van der Waals surface area contributed by atoms with Crippen LogP contribution < -0.4 is 0 Å². The highest BCUT2D eigenvalue weighted by Gasteiger charge is 2.33. The number of Topliss-reactive ketones (excluding diaryl/α,β-unsaturated/α-hetero) is 1. The molecule has 0 amide bonds. The van der Waals surface area contributed by atoms with Crippen molar-refractivity contribution in [1.82, 2.24) is 4.98 Å². The summed E-state index contributed by atoms with van der Waals surface area (Å²) in [5, 5.41) is 0.399. The van der Waals surface area contributed by atoms with Gasteiger partial charge in [-0.2, -0.15) is 0 Å². The molecule has 0 fully saturated rings. The molecule has 0 aliphatic carbocycles. The van der Waals surface area contributed by atoms with E-state index in [9.17, 15) is 9.18 Å². The second kappa shape index (κ2) is 3.91. The Bertz CT molecular complexity index is 559. The van der Waals surface area contributed by atoms with Crippen LogP contribution in [0, 0.1) is 5.82 Å². The van der Waals surface area contributed by atoms with E-state index < -0.39 is 15.4 Å². The van der Waals surface area contributed by atoms with Crippen LogP contribution in [-0.4, -0.2) is 14.6 Å². The predicted molar refractivity (Wildman–Crippen MR) is 62.9 cm³/mol. The number of carbonyl (C=O) groups is 1. The van der Waals surface area contributed by atoms with Gasteiger partial charge < -0.3 is 4.98 Å². The Kier molecular flexibility index (Phi) is 2.86. The lowest BCUT2D eigenvalue weighted by Crippen LogP contribution is -2.18. The highest BCUT2D eigenvalue weighted by molar-refractivity contribution is 6.77. The van der Waals surface area contributed by atoms with E-state index in [4.69, 9.17) is 34.8 Å². The molecule has 0 unspecified atom stereocenters. The van der Waals surface area contributed by atoms with E-state index in [1.165, 1.54) is 24.4 Å². The van der Waals surface area contributed by atoms with E-state index in [0.29, 0.717) is 10.9 Å². The summed E-state index contributed by atoms with van der Waals surface area (Å²) in [7, 11) is 0. The molecular weight excluding hydrogens is 275 g/mol. The van der Waals surface area contributed by atoms with E-state index in [0.717, 1.165) is 0 Å². The zero-order valence-electron chi connectivity index (χ0n) is 7.73. The lowest BCUT2D eigenvalue weighted by molar-refractivity contribution is 0.0998. The fraction of sp³-hybridized carbons (Fsp3) is 0.100. The third kappa shape index (κ3) is 2.03. The Labute approximate surface area is 105 Å². The SMILES string of the molecule is O=C(c1c[nH]c2ccc(F)cc12)C(Cl)(Cl)Cl. The number of halogens is 4. The van der Waals surface area contributed by atoms with Gasteiger partial charge in [-0.1, -0.05) is 34.8 Å². The summed E-state index contributed by atoms with van der Waals surface area (Å²) in [4.78, 5) is 14.5. The first-order valence-corrected chi connectivity index (χ1v) is 5.41. The van der Waals surface area contributed by atoms with Crippen molar-refractivity contribution < 1.29 is 9.18 Å². The lowest BCUT2D eigenvalue weighted by atomic mass is 10.1. The summed E-state index contributed by atoms with van der Waals surface area (Å²) in [6.07, 6.45) is 1.40. The molecule has 1 aromatic carbocycles. The maximum atomic E-state index is 13.0. The van der Waals surface area contributed by atoms with Crippen molar-refractivity contribution in [3.8, 4) is 0 Å². The zero-order chi connectivity index (χ0) is 11.9. The number of alkyl halides is 3. The fourth-order valence-corrected chi connectivity index (χ4v) is 1.74. The third-order valence-electron chi connectivity index (χ3n) is 2.15. The molecule has 6 heteroatoms. The standard InChI is InChI=1S/C10H5Cl3FNO/c11-10(12,13)9(16)7-4-15-8-2-1-5(14)3-6(7)8/h1-4,15H. The van der Waals surface area contributed by atoms with Crippen LogP contribution in [0.1, 0.15) is 10.4 Å². The number of hydrogen-bond acceptors (Lipinski definition) is 1. The fourth-order valence-electron chi connectivity index (χ4n) is 1.43. The Balaban J connectivity index is 2.62. The molecule has 84 valence electrons. The third-order valence-corrected chi connectivity index (χ3v) is 2.66. The molecule has 0 spiro atoms. The second-order valence-electron chi connectivity index (χ2n) is 3.22. The minimum atomic E-state index is -2.04. The van der Waals surface area contributed by atoms with Crippen molar-refractivity contribution in [3.63, 3.8) is 0 Å². The molecule has 2 rings (SSSR count). The maximum Gasteiger partial charge on any atom is 0.253 e. The van der Waals surface area contributed by atoms with Crippen molar-refractivity contribution in [2.75, 3.05) is 0 Å². The number of aromatic amines is 1. The molecule has 0 atom stereocenters. The van der Waals surface area contributed by atoms with Gasteiger partial charge in [0.2, 0.25) is 5.78 Å². The quantitative estimate of drug-likeness (QED) is 0.624. The predicted octanol–water partition coefficient (Wildman–Crippen LogP) is 3.86. The Hall–Kier alpha value is -0.770. The molecule has 1 N–H and O–H groups in total. The number of ketones is 1. The van der Waals surface area contributed by atoms with Gasteiger partial charge >= 0.3 is 0 Å². The number of aromatic nitrogens is 1. The normalized spacial score (nSPS) is 12.0. The summed E-state index contributed by atoms with van der Waals surface area (Å²) in [6.45, 7) is 0. The molecule has 0 aliphatic rings. The number of H-pyrrole nitrogens is 1. The molecule has 0 saturated heterocycles. The van der Waals surface area contributed by atoms with Gasteiger partial charge in [0.25, 0.3) is 3.79 Å². The highest BCUT2D eigenvalue weighted by atomic mass is 35.6. The number of rotatable bonds is 1. The topological polar surface area (TPSA) is 32.9 Å². The molecule has 0 aliphatic heterocycles. The van der Waals surface area contributed by atoms with Crippen molar-refractivity contribution >= 4 is 51.5 Å². The monoisotopic (exact) mass is 279 g/mol. The summed E-state index contributed by atoms with van der Waals surface area (Å²) in [6, 6.07) is 4.01. The molecule has 16 heavy (non-hydrogen) atoms. The molecular formula is C10H5Cl3FNO. The van der Waals surface area contributed by atoms with Crippen LogP contribution in [0.4, 0.5) is 4.39 Å². The molecule has 0 radical (unpaired) electrons. The lowest BCUT2D eigenvalue weighted by Gasteiger charge is -2.07. The van der Waals surface area contributed by atoms with Crippen LogP contribution in [0.25, 0.3) is 10.9 Å². The minimum Gasteiger partial charge on any atom is -0.360 e. The van der Waals surface area contributed by atoms with E-state index in [1.54, 1.807) is 0 Å². The van der Waals surface area contributed by atoms with Gasteiger partial charge in [0.1, 0.15) is 5.82 Å². The number of fused-ring (bicyclic) bond motifs is 1. The van der Waals surface area contributed by atoms with Crippen LogP contribution in [0.15, 0.2) is 24.4 Å². The number of hydrogen-bond donors (Lipinski definition) is 1. The van der Waals surface area contributed by atoms with Crippen LogP contribution in [0.3, 0.4) is 0 Å². The molecule has 0 bridgehead atoms. The number of benzene rings is 1.